The number of ether oxygens (including phenoxy) is 3. The van der Waals surface area contributed by atoms with Crippen LogP contribution in [0.15, 0.2) is 42.6 Å². The summed E-state index contributed by atoms with van der Waals surface area (Å²) in [5.74, 6) is -8.93. The zero-order valence-corrected chi connectivity index (χ0v) is 24.2. The predicted octanol–water partition coefficient (Wildman–Crippen LogP) is 9.42. The Bertz CT molecular complexity index is 1370. The molecule has 0 radical (unpaired) electrons. The molecule has 0 atom stereocenters. The smallest absolute Gasteiger partial charge is 0.429 e. The highest BCUT2D eigenvalue weighted by molar-refractivity contribution is 5.60. The molecule has 0 N–H and O–H groups in total. The van der Waals surface area contributed by atoms with E-state index in [0.717, 1.165) is 50.9 Å². The number of pyridine rings is 1. The van der Waals surface area contributed by atoms with Gasteiger partial charge in [-0.1, -0.05) is 32.3 Å². The number of nitrogens with zero attached hydrogens (tertiary/aromatic N) is 1. The van der Waals surface area contributed by atoms with Crippen molar-refractivity contribution in [2.75, 3.05) is 13.2 Å². The molecular weight excluding hydrogens is 591 g/mol. The molecule has 2 fully saturated rings. The van der Waals surface area contributed by atoms with Crippen LogP contribution in [0.2, 0.25) is 0 Å². The van der Waals surface area contributed by atoms with E-state index < -0.39 is 46.5 Å². The van der Waals surface area contributed by atoms with Gasteiger partial charge < -0.3 is 14.2 Å². The highest BCUT2D eigenvalue weighted by atomic mass is 19.3. The quantitative estimate of drug-likeness (QED) is 0.128. The van der Waals surface area contributed by atoms with Crippen LogP contribution < -0.4 is 4.74 Å². The molecule has 44 heavy (non-hydrogen) atoms. The van der Waals surface area contributed by atoms with E-state index in [9.17, 15) is 30.7 Å². The van der Waals surface area contributed by atoms with E-state index in [1.54, 1.807) is 18.3 Å². The zero-order chi connectivity index (χ0) is 31.4. The van der Waals surface area contributed by atoms with Gasteiger partial charge in [-0.2, -0.15) is 8.78 Å². The first-order valence-corrected chi connectivity index (χ1v) is 15.0. The average Bonchev–Trinajstić information content (AvgIpc) is 3.00. The highest BCUT2D eigenvalue weighted by Crippen LogP contribution is 2.40. The normalized spacial score (nSPS) is 22.6. The van der Waals surface area contributed by atoms with Crippen LogP contribution >= 0.6 is 0 Å². The Hall–Kier alpha value is -3.18. The van der Waals surface area contributed by atoms with E-state index in [4.69, 9.17) is 9.47 Å². The molecule has 4 nitrogen and oxygen atoms in total. The molecule has 1 aromatic heterocycles. The van der Waals surface area contributed by atoms with Gasteiger partial charge in [0.05, 0.1) is 18.9 Å². The maximum atomic E-state index is 14.8. The maximum absolute atomic E-state index is 14.8. The molecule has 0 spiro atoms. The Balaban J connectivity index is 1.19. The van der Waals surface area contributed by atoms with Gasteiger partial charge >= 0.3 is 6.11 Å². The van der Waals surface area contributed by atoms with E-state index in [-0.39, 0.29) is 35.6 Å². The molecule has 5 rings (SSSR count). The molecule has 0 unspecified atom stereocenters. The van der Waals surface area contributed by atoms with E-state index in [1.165, 1.54) is 19.3 Å². The lowest BCUT2D eigenvalue weighted by molar-refractivity contribution is -0.229. The van der Waals surface area contributed by atoms with Gasteiger partial charge in [0.15, 0.2) is 23.7 Å². The van der Waals surface area contributed by atoms with Crippen molar-refractivity contribution in [1.29, 1.82) is 0 Å². The summed E-state index contributed by atoms with van der Waals surface area (Å²) in [6.07, 6.45) is 5.20. The first-order chi connectivity index (χ1) is 21.1. The largest absolute Gasteiger partial charge is 0.432 e. The Kier molecular flexibility index (Phi) is 10.1. The maximum Gasteiger partial charge on any atom is 0.432 e. The summed E-state index contributed by atoms with van der Waals surface area (Å²) in [5, 5.41) is 0. The van der Waals surface area contributed by atoms with Crippen molar-refractivity contribution in [2.45, 2.75) is 76.6 Å². The van der Waals surface area contributed by atoms with Crippen LogP contribution in [0, 0.1) is 40.9 Å². The predicted molar refractivity (Wildman–Crippen MR) is 148 cm³/mol. The van der Waals surface area contributed by atoms with Crippen molar-refractivity contribution in [2.24, 2.45) is 11.8 Å². The summed E-state index contributed by atoms with van der Waals surface area (Å²) in [7, 11) is 0. The lowest BCUT2D eigenvalue weighted by Gasteiger charge is -2.37. The second-order valence-electron chi connectivity index (χ2n) is 11.6. The number of alkyl halides is 2. The van der Waals surface area contributed by atoms with Gasteiger partial charge in [-0.3, -0.25) is 4.98 Å². The monoisotopic (exact) mass is 625 g/mol. The van der Waals surface area contributed by atoms with Gasteiger partial charge in [-0.05, 0) is 61.8 Å². The van der Waals surface area contributed by atoms with Crippen LogP contribution in [0.5, 0.6) is 5.75 Å². The lowest BCUT2D eigenvalue weighted by atomic mass is 9.78. The van der Waals surface area contributed by atoms with E-state index in [1.807, 2.05) is 0 Å². The second kappa shape index (κ2) is 13.9. The Morgan fingerprint density at radius 3 is 2.05 bits per heavy atom. The van der Waals surface area contributed by atoms with Crippen molar-refractivity contribution < 1.29 is 44.9 Å². The van der Waals surface area contributed by atoms with Crippen LogP contribution in [0.3, 0.4) is 0 Å². The molecule has 1 saturated heterocycles. The van der Waals surface area contributed by atoms with Crippen molar-refractivity contribution in [3.05, 3.63) is 82.8 Å². The Labute approximate surface area is 251 Å². The van der Waals surface area contributed by atoms with Gasteiger partial charge in [0, 0.05) is 35.7 Å². The minimum atomic E-state index is -4.66. The highest BCUT2D eigenvalue weighted by Gasteiger charge is 2.42. The number of rotatable bonds is 10. The molecule has 1 aliphatic heterocycles. The SMILES string of the molecule is CCCCCC1COC(C2CCC(c3ccc(-c4cc(F)c(C(F)(F)Oc5cc(F)c(F)c(F)c5)c(F)c4)nc3)CC2)OC1. The first kappa shape index (κ1) is 32.2. The van der Waals surface area contributed by atoms with Gasteiger partial charge in [-0.15, -0.1) is 0 Å². The molecule has 0 bridgehead atoms. The fraction of sp³-hybridized carbons (Fsp3) is 0.485. The van der Waals surface area contributed by atoms with Crippen LogP contribution in [0.4, 0.5) is 30.7 Å². The molecule has 1 aliphatic carbocycles. The molecule has 1 saturated carbocycles. The number of benzene rings is 2. The third-order valence-corrected chi connectivity index (χ3v) is 8.46. The van der Waals surface area contributed by atoms with E-state index in [2.05, 4.69) is 16.6 Å². The van der Waals surface area contributed by atoms with Gasteiger partial charge in [0.25, 0.3) is 0 Å². The van der Waals surface area contributed by atoms with E-state index >= 15 is 0 Å². The number of unbranched alkanes of at least 4 members (excludes halogenated alkanes) is 2. The third kappa shape index (κ3) is 7.37. The molecule has 11 heteroatoms. The van der Waals surface area contributed by atoms with Gasteiger partial charge in [-0.25, -0.2) is 22.0 Å². The van der Waals surface area contributed by atoms with Gasteiger partial charge in [0.1, 0.15) is 22.9 Å². The third-order valence-electron chi connectivity index (χ3n) is 8.46. The standard InChI is InChI=1S/C33H34F7NO3/c1-2-3-4-5-19-17-42-32(43-18-19)21-8-6-20(7-9-21)22-10-11-29(41-16-22)23-12-25(34)30(26(35)13-23)33(39,40)44-24-14-27(36)31(38)28(37)15-24/h10-16,19-21,32H,2-9,17-18H2,1H3. The second-order valence-corrected chi connectivity index (χ2v) is 11.6. The summed E-state index contributed by atoms with van der Waals surface area (Å²) < 4.78 is 115. The van der Waals surface area contributed by atoms with Crippen LogP contribution in [0.1, 0.15) is 75.3 Å². The summed E-state index contributed by atoms with van der Waals surface area (Å²) in [6, 6.07) is 5.02. The summed E-state index contributed by atoms with van der Waals surface area (Å²) in [5.41, 5.74) is -0.730. The fourth-order valence-electron chi connectivity index (χ4n) is 6.01. The van der Waals surface area contributed by atoms with Crippen molar-refractivity contribution >= 4 is 0 Å². The molecule has 2 aromatic carbocycles. The van der Waals surface area contributed by atoms with Crippen LogP contribution in [-0.4, -0.2) is 24.5 Å². The molecule has 2 heterocycles. The van der Waals surface area contributed by atoms with Crippen LogP contribution in [-0.2, 0) is 15.6 Å². The number of hydrogen-bond donors (Lipinski definition) is 0. The minimum Gasteiger partial charge on any atom is -0.429 e. The summed E-state index contributed by atoms with van der Waals surface area (Å²) in [4.78, 5) is 4.32. The minimum absolute atomic E-state index is 0.0896. The molecule has 2 aliphatic rings. The summed E-state index contributed by atoms with van der Waals surface area (Å²) in [6.45, 7) is 3.66. The number of aromatic nitrogens is 1. The number of halogens is 7. The van der Waals surface area contributed by atoms with Crippen molar-refractivity contribution in [3.8, 4) is 17.0 Å². The fourth-order valence-corrected chi connectivity index (χ4v) is 6.01. The molecule has 238 valence electrons. The van der Waals surface area contributed by atoms with E-state index in [0.29, 0.717) is 24.0 Å². The zero-order valence-electron chi connectivity index (χ0n) is 24.2. The average molecular weight is 626 g/mol. The Morgan fingerprint density at radius 1 is 0.841 bits per heavy atom. The topological polar surface area (TPSA) is 40.6 Å². The lowest BCUT2D eigenvalue weighted by Crippen LogP contribution is -2.38. The Morgan fingerprint density at radius 2 is 1.48 bits per heavy atom. The van der Waals surface area contributed by atoms with Crippen LogP contribution in [0.25, 0.3) is 11.3 Å². The van der Waals surface area contributed by atoms with Crippen molar-refractivity contribution in [3.63, 3.8) is 0 Å². The van der Waals surface area contributed by atoms with Gasteiger partial charge in [0.2, 0.25) is 0 Å². The summed E-state index contributed by atoms with van der Waals surface area (Å²) >= 11 is 0. The molecule has 0 amide bonds. The first-order valence-electron chi connectivity index (χ1n) is 15.0. The molecule has 3 aromatic rings. The number of hydrogen-bond acceptors (Lipinski definition) is 4. The van der Waals surface area contributed by atoms with Crippen molar-refractivity contribution in [1.82, 2.24) is 4.98 Å². The molecular formula is C33H34F7NO3.